The van der Waals surface area contributed by atoms with Crippen LogP contribution in [0.3, 0.4) is 0 Å². The van der Waals surface area contributed by atoms with Crippen LogP contribution in [0.1, 0.15) is 194 Å². The van der Waals surface area contributed by atoms with Crippen molar-refractivity contribution < 1.29 is 25.2 Å². The fourth-order valence-corrected chi connectivity index (χ4v) is 5.81. The zero-order valence-electron chi connectivity index (χ0n) is 28.0. The van der Waals surface area contributed by atoms with E-state index in [2.05, 4.69) is 19.2 Å². The summed E-state index contributed by atoms with van der Waals surface area (Å²) in [6.45, 7) is 3.86. The van der Waals surface area contributed by atoms with Crippen LogP contribution in [0.5, 0.6) is 0 Å². The number of aliphatic hydroxyl groups excluding tert-OH is 4. The molecule has 252 valence electrons. The van der Waals surface area contributed by atoms with Gasteiger partial charge in [-0.05, 0) is 12.8 Å². The average Bonchev–Trinajstić information content (AvgIpc) is 2.99. The largest absolute Gasteiger partial charge is 0.394 e. The Morgan fingerprint density at radius 1 is 0.500 bits per heavy atom. The van der Waals surface area contributed by atoms with Crippen molar-refractivity contribution in [2.75, 3.05) is 6.61 Å². The van der Waals surface area contributed by atoms with E-state index in [0.717, 1.165) is 38.5 Å². The van der Waals surface area contributed by atoms with Gasteiger partial charge in [-0.3, -0.25) is 4.79 Å². The average molecular weight is 600 g/mol. The number of hydrogen-bond acceptors (Lipinski definition) is 5. The lowest BCUT2D eigenvalue weighted by atomic mass is 10.00. The van der Waals surface area contributed by atoms with Crippen LogP contribution in [0.4, 0.5) is 0 Å². The summed E-state index contributed by atoms with van der Waals surface area (Å²) >= 11 is 0. The molecular formula is C36H73NO5. The molecule has 4 unspecified atom stereocenters. The van der Waals surface area contributed by atoms with Crippen LogP contribution in [-0.4, -0.2) is 57.3 Å². The summed E-state index contributed by atoms with van der Waals surface area (Å²) in [5.41, 5.74) is 0. The molecule has 0 radical (unpaired) electrons. The van der Waals surface area contributed by atoms with Gasteiger partial charge in [0.15, 0.2) is 0 Å². The minimum absolute atomic E-state index is 0.373. The number of nitrogens with one attached hydrogen (secondary N) is 1. The monoisotopic (exact) mass is 600 g/mol. The second kappa shape index (κ2) is 31.7. The summed E-state index contributed by atoms with van der Waals surface area (Å²) in [6, 6.07) is -0.974. The van der Waals surface area contributed by atoms with Crippen molar-refractivity contribution in [3.63, 3.8) is 0 Å². The Hall–Kier alpha value is -0.690. The second-order valence-corrected chi connectivity index (χ2v) is 12.9. The second-order valence-electron chi connectivity index (χ2n) is 12.9. The van der Waals surface area contributed by atoms with Gasteiger partial charge >= 0.3 is 0 Å². The SMILES string of the molecule is CCCCCCCCCCCCCCCCCCCCCCCCCC(O)C(=O)NC(CO)C(O)C(O)CCCCC. The molecule has 0 fully saturated rings. The lowest BCUT2D eigenvalue weighted by Crippen LogP contribution is -2.53. The van der Waals surface area contributed by atoms with Crippen LogP contribution in [0.2, 0.25) is 0 Å². The number of carbonyl (C=O) groups excluding carboxylic acids is 1. The van der Waals surface area contributed by atoms with Gasteiger partial charge in [0.25, 0.3) is 0 Å². The van der Waals surface area contributed by atoms with E-state index < -0.39 is 36.9 Å². The van der Waals surface area contributed by atoms with Crippen molar-refractivity contribution >= 4 is 5.91 Å². The topological polar surface area (TPSA) is 110 Å². The fourth-order valence-electron chi connectivity index (χ4n) is 5.81. The van der Waals surface area contributed by atoms with Crippen molar-refractivity contribution in [2.45, 2.75) is 218 Å². The van der Waals surface area contributed by atoms with Gasteiger partial charge in [0.05, 0.1) is 18.8 Å². The van der Waals surface area contributed by atoms with Gasteiger partial charge in [0.2, 0.25) is 5.91 Å². The highest BCUT2D eigenvalue weighted by Crippen LogP contribution is 2.16. The van der Waals surface area contributed by atoms with E-state index in [4.69, 9.17) is 0 Å². The first-order valence-corrected chi connectivity index (χ1v) is 18.4. The van der Waals surface area contributed by atoms with E-state index in [-0.39, 0.29) is 0 Å². The summed E-state index contributed by atoms with van der Waals surface area (Å²) in [5.74, 6) is -0.590. The molecule has 6 nitrogen and oxygen atoms in total. The summed E-state index contributed by atoms with van der Waals surface area (Å²) in [4.78, 5) is 12.3. The van der Waals surface area contributed by atoms with Gasteiger partial charge in [-0.25, -0.2) is 0 Å². The molecule has 0 saturated carbocycles. The van der Waals surface area contributed by atoms with Gasteiger partial charge in [0.1, 0.15) is 12.2 Å². The molecule has 0 aliphatic heterocycles. The van der Waals surface area contributed by atoms with Crippen LogP contribution >= 0.6 is 0 Å². The first kappa shape index (κ1) is 41.3. The van der Waals surface area contributed by atoms with Gasteiger partial charge in [0, 0.05) is 0 Å². The first-order valence-electron chi connectivity index (χ1n) is 18.4. The highest BCUT2D eigenvalue weighted by molar-refractivity contribution is 5.80. The number of unbranched alkanes of at least 4 members (excludes halogenated alkanes) is 24. The van der Waals surface area contributed by atoms with E-state index in [1.165, 1.54) is 128 Å². The third-order valence-electron chi connectivity index (χ3n) is 8.82. The molecule has 0 aromatic rings. The Balaban J connectivity index is 3.51. The van der Waals surface area contributed by atoms with Crippen LogP contribution in [0.15, 0.2) is 0 Å². The molecule has 0 aliphatic carbocycles. The van der Waals surface area contributed by atoms with E-state index in [1.54, 1.807) is 0 Å². The van der Waals surface area contributed by atoms with Crippen LogP contribution in [0, 0.1) is 0 Å². The molecule has 6 heteroatoms. The van der Waals surface area contributed by atoms with Gasteiger partial charge in [-0.2, -0.15) is 0 Å². The molecule has 42 heavy (non-hydrogen) atoms. The smallest absolute Gasteiger partial charge is 0.249 e. The van der Waals surface area contributed by atoms with Gasteiger partial charge < -0.3 is 25.7 Å². The predicted molar refractivity (Wildman–Crippen MR) is 178 cm³/mol. The van der Waals surface area contributed by atoms with Crippen molar-refractivity contribution in [1.82, 2.24) is 5.32 Å². The third kappa shape index (κ3) is 25.8. The molecule has 0 aliphatic rings. The number of carbonyl (C=O) groups is 1. The van der Waals surface area contributed by atoms with Crippen LogP contribution in [0.25, 0.3) is 0 Å². The van der Waals surface area contributed by atoms with Crippen LogP contribution < -0.4 is 5.32 Å². The summed E-state index contributed by atoms with van der Waals surface area (Å²) < 4.78 is 0. The lowest BCUT2D eigenvalue weighted by molar-refractivity contribution is -0.132. The molecule has 0 aromatic heterocycles. The summed E-state index contributed by atoms with van der Waals surface area (Å²) in [6.07, 6.45) is 30.8. The molecule has 4 atom stereocenters. The third-order valence-corrected chi connectivity index (χ3v) is 8.82. The highest BCUT2D eigenvalue weighted by atomic mass is 16.3. The van der Waals surface area contributed by atoms with E-state index in [9.17, 15) is 25.2 Å². The first-order chi connectivity index (χ1) is 20.5. The number of aliphatic hydroxyl groups is 4. The van der Waals surface area contributed by atoms with E-state index in [0.29, 0.717) is 12.8 Å². The van der Waals surface area contributed by atoms with Gasteiger partial charge in [-0.15, -0.1) is 0 Å². The summed E-state index contributed by atoms with van der Waals surface area (Å²) in [5, 5.41) is 42.6. The standard InChI is InChI=1S/C36H73NO5/c1-3-5-7-8-9-10-11-12-13-14-15-16-17-18-19-20-21-22-23-24-25-26-28-30-34(40)36(42)37-32(31-38)35(41)33(39)29-27-6-4-2/h32-35,38-41H,3-31H2,1-2H3,(H,37,42). The molecule has 0 saturated heterocycles. The molecule has 0 rings (SSSR count). The molecule has 0 heterocycles. The number of amides is 1. The summed E-state index contributed by atoms with van der Waals surface area (Å²) in [7, 11) is 0. The molecule has 5 N–H and O–H groups in total. The van der Waals surface area contributed by atoms with Crippen molar-refractivity contribution in [3.8, 4) is 0 Å². The highest BCUT2D eigenvalue weighted by Gasteiger charge is 2.28. The minimum atomic E-state index is -1.25. The molecular weight excluding hydrogens is 526 g/mol. The zero-order chi connectivity index (χ0) is 31.1. The van der Waals surface area contributed by atoms with Crippen molar-refractivity contribution in [2.24, 2.45) is 0 Å². The van der Waals surface area contributed by atoms with E-state index in [1.807, 2.05) is 0 Å². The lowest BCUT2D eigenvalue weighted by Gasteiger charge is -2.27. The maximum absolute atomic E-state index is 12.3. The van der Waals surface area contributed by atoms with Crippen molar-refractivity contribution in [1.29, 1.82) is 0 Å². The number of hydrogen-bond donors (Lipinski definition) is 5. The molecule has 0 aromatic carbocycles. The minimum Gasteiger partial charge on any atom is -0.394 e. The van der Waals surface area contributed by atoms with Crippen molar-refractivity contribution in [3.05, 3.63) is 0 Å². The zero-order valence-corrected chi connectivity index (χ0v) is 28.0. The maximum atomic E-state index is 12.3. The molecule has 0 spiro atoms. The Bertz CT molecular complexity index is 561. The molecule has 1 amide bonds. The van der Waals surface area contributed by atoms with Gasteiger partial charge in [-0.1, -0.05) is 181 Å². The Morgan fingerprint density at radius 3 is 1.17 bits per heavy atom. The Labute approximate surface area is 260 Å². The quantitative estimate of drug-likeness (QED) is 0.0486. The Kier molecular flexibility index (Phi) is 31.2. The predicted octanol–water partition coefficient (Wildman–Crippen LogP) is 8.51. The normalized spacial score (nSPS) is 14.5. The van der Waals surface area contributed by atoms with Crippen LogP contribution in [-0.2, 0) is 4.79 Å². The fraction of sp³-hybridized carbons (Fsp3) is 0.972. The number of rotatable bonds is 33. The Morgan fingerprint density at radius 2 is 0.810 bits per heavy atom. The molecule has 0 bridgehead atoms. The van der Waals surface area contributed by atoms with E-state index >= 15 is 0 Å². The maximum Gasteiger partial charge on any atom is 0.249 e.